The van der Waals surface area contributed by atoms with E-state index in [4.69, 9.17) is 0 Å². The Kier molecular flexibility index (Phi) is 5.49. The van der Waals surface area contributed by atoms with Crippen LogP contribution in [0.15, 0.2) is 28.7 Å². The van der Waals surface area contributed by atoms with Gasteiger partial charge in [-0.1, -0.05) is 26.0 Å². The fourth-order valence-electron chi connectivity index (χ4n) is 1.40. The largest absolute Gasteiger partial charge is 0.324 e. The Bertz CT molecular complexity index is 351. The SMILES string of the molecule is CCN(CC)CC(=O)Nc1ccccc1Br. The first kappa shape index (κ1) is 13.2. The molecule has 0 aliphatic rings. The van der Waals surface area contributed by atoms with Crippen molar-refractivity contribution in [2.24, 2.45) is 0 Å². The van der Waals surface area contributed by atoms with Crippen LogP contribution in [-0.4, -0.2) is 30.4 Å². The molecule has 0 aromatic heterocycles. The lowest BCUT2D eigenvalue weighted by Crippen LogP contribution is -2.32. The number of nitrogens with zero attached hydrogens (tertiary/aromatic N) is 1. The maximum atomic E-state index is 11.7. The zero-order valence-electron chi connectivity index (χ0n) is 9.66. The third-order valence-electron chi connectivity index (χ3n) is 2.41. The van der Waals surface area contributed by atoms with Crippen molar-refractivity contribution in [2.75, 3.05) is 25.0 Å². The van der Waals surface area contributed by atoms with Crippen LogP contribution >= 0.6 is 15.9 Å². The van der Waals surface area contributed by atoms with E-state index < -0.39 is 0 Å². The van der Waals surface area contributed by atoms with E-state index >= 15 is 0 Å². The molecule has 1 amide bonds. The first-order chi connectivity index (χ1) is 7.67. The summed E-state index contributed by atoms with van der Waals surface area (Å²) in [5.41, 5.74) is 0.819. The summed E-state index contributed by atoms with van der Waals surface area (Å²) in [6.45, 7) is 6.32. The van der Waals surface area contributed by atoms with Crippen molar-refractivity contribution in [3.05, 3.63) is 28.7 Å². The standard InChI is InChI=1S/C12H17BrN2O/c1-3-15(4-2)9-12(16)14-11-8-6-5-7-10(11)13/h5-8H,3-4,9H2,1-2H3,(H,14,16). The average molecular weight is 285 g/mol. The lowest BCUT2D eigenvalue weighted by Gasteiger charge is -2.17. The molecule has 0 unspecified atom stereocenters. The van der Waals surface area contributed by atoms with Crippen molar-refractivity contribution in [3.8, 4) is 0 Å². The van der Waals surface area contributed by atoms with Crippen molar-refractivity contribution < 1.29 is 4.79 Å². The predicted octanol–water partition coefficient (Wildman–Crippen LogP) is 2.73. The van der Waals surface area contributed by atoms with Crippen molar-refractivity contribution in [1.82, 2.24) is 4.90 Å². The van der Waals surface area contributed by atoms with Crippen molar-refractivity contribution in [1.29, 1.82) is 0 Å². The van der Waals surface area contributed by atoms with Crippen LogP contribution in [0.25, 0.3) is 0 Å². The van der Waals surface area contributed by atoms with Gasteiger partial charge in [-0.15, -0.1) is 0 Å². The number of likely N-dealkylation sites (N-methyl/N-ethyl adjacent to an activating group) is 1. The molecule has 0 fully saturated rings. The highest BCUT2D eigenvalue weighted by Gasteiger charge is 2.08. The van der Waals surface area contributed by atoms with E-state index in [9.17, 15) is 4.79 Å². The zero-order valence-corrected chi connectivity index (χ0v) is 11.3. The zero-order chi connectivity index (χ0) is 12.0. The molecule has 0 spiro atoms. The maximum Gasteiger partial charge on any atom is 0.238 e. The van der Waals surface area contributed by atoms with Crippen LogP contribution in [0.5, 0.6) is 0 Å². The number of halogens is 1. The molecule has 1 aromatic carbocycles. The monoisotopic (exact) mass is 284 g/mol. The van der Waals surface area contributed by atoms with Crippen LogP contribution < -0.4 is 5.32 Å². The lowest BCUT2D eigenvalue weighted by atomic mass is 10.3. The topological polar surface area (TPSA) is 32.3 Å². The van der Waals surface area contributed by atoms with Crippen LogP contribution in [0.1, 0.15) is 13.8 Å². The average Bonchev–Trinajstić information content (AvgIpc) is 2.29. The van der Waals surface area contributed by atoms with Crippen LogP contribution in [0.2, 0.25) is 0 Å². The number of hydrogen-bond acceptors (Lipinski definition) is 2. The Hall–Kier alpha value is -0.870. The molecule has 0 atom stereocenters. The van der Waals surface area contributed by atoms with E-state index in [0.29, 0.717) is 6.54 Å². The van der Waals surface area contributed by atoms with Gasteiger partial charge in [0.15, 0.2) is 0 Å². The molecule has 0 radical (unpaired) electrons. The molecular weight excluding hydrogens is 268 g/mol. The molecule has 0 heterocycles. The minimum Gasteiger partial charge on any atom is -0.324 e. The van der Waals surface area contributed by atoms with Crippen molar-refractivity contribution in [2.45, 2.75) is 13.8 Å². The van der Waals surface area contributed by atoms with Gasteiger partial charge < -0.3 is 5.32 Å². The van der Waals surface area contributed by atoms with E-state index in [0.717, 1.165) is 23.2 Å². The smallest absolute Gasteiger partial charge is 0.238 e. The molecule has 0 aliphatic carbocycles. The molecule has 0 saturated carbocycles. The maximum absolute atomic E-state index is 11.7. The first-order valence-corrected chi connectivity index (χ1v) is 6.23. The quantitative estimate of drug-likeness (QED) is 0.902. The Morgan fingerprint density at radius 2 is 1.94 bits per heavy atom. The van der Waals surface area contributed by atoms with Gasteiger partial charge in [-0.05, 0) is 41.2 Å². The predicted molar refractivity (Wildman–Crippen MR) is 70.6 cm³/mol. The number of hydrogen-bond donors (Lipinski definition) is 1. The van der Waals surface area contributed by atoms with Crippen LogP contribution in [0.4, 0.5) is 5.69 Å². The summed E-state index contributed by atoms with van der Waals surface area (Å²) in [6.07, 6.45) is 0. The highest BCUT2D eigenvalue weighted by atomic mass is 79.9. The summed E-state index contributed by atoms with van der Waals surface area (Å²) in [5, 5.41) is 2.88. The second kappa shape index (κ2) is 6.66. The number of carbonyl (C=O) groups is 1. The van der Waals surface area contributed by atoms with Gasteiger partial charge in [0.05, 0.1) is 12.2 Å². The van der Waals surface area contributed by atoms with E-state index in [2.05, 4.69) is 40.0 Å². The summed E-state index contributed by atoms with van der Waals surface area (Å²) in [5.74, 6) is 0.0237. The summed E-state index contributed by atoms with van der Waals surface area (Å²) in [4.78, 5) is 13.8. The Morgan fingerprint density at radius 3 is 2.50 bits per heavy atom. The molecule has 0 bridgehead atoms. The number of para-hydroxylation sites is 1. The van der Waals surface area contributed by atoms with Crippen LogP contribution in [0, 0.1) is 0 Å². The van der Waals surface area contributed by atoms with Crippen molar-refractivity contribution in [3.63, 3.8) is 0 Å². The summed E-state index contributed by atoms with van der Waals surface area (Å²) < 4.78 is 0.905. The Labute approximate surface area is 105 Å². The van der Waals surface area contributed by atoms with Crippen LogP contribution in [-0.2, 0) is 4.79 Å². The van der Waals surface area contributed by atoms with Gasteiger partial charge in [0, 0.05) is 4.47 Å². The van der Waals surface area contributed by atoms with Crippen molar-refractivity contribution >= 4 is 27.5 Å². The van der Waals surface area contributed by atoms with E-state index in [1.165, 1.54) is 0 Å². The molecule has 88 valence electrons. The third kappa shape index (κ3) is 3.94. The Balaban J connectivity index is 2.55. The normalized spacial score (nSPS) is 10.5. The van der Waals surface area contributed by atoms with Crippen LogP contribution in [0.3, 0.4) is 0 Å². The molecule has 16 heavy (non-hydrogen) atoms. The van der Waals surface area contributed by atoms with Gasteiger partial charge in [0.2, 0.25) is 5.91 Å². The third-order valence-corrected chi connectivity index (χ3v) is 3.10. The number of benzene rings is 1. The molecule has 1 aromatic rings. The number of amides is 1. The second-order valence-corrected chi connectivity index (χ2v) is 4.34. The van der Waals surface area contributed by atoms with E-state index in [1.54, 1.807) is 0 Å². The van der Waals surface area contributed by atoms with Gasteiger partial charge in [-0.25, -0.2) is 0 Å². The number of rotatable bonds is 5. The van der Waals surface area contributed by atoms with E-state index in [-0.39, 0.29) is 5.91 Å². The molecule has 0 saturated heterocycles. The molecule has 3 nitrogen and oxygen atoms in total. The summed E-state index contributed by atoms with van der Waals surface area (Å²) >= 11 is 3.40. The molecule has 0 aliphatic heterocycles. The summed E-state index contributed by atoms with van der Waals surface area (Å²) in [6, 6.07) is 7.61. The number of anilines is 1. The lowest BCUT2D eigenvalue weighted by molar-refractivity contribution is -0.117. The van der Waals surface area contributed by atoms with Gasteiger partial charge in [0.25, 0.3) is 0 Å². The number of nitrogens with one attached hydrogen (secondary N) is 1. The van der Waals surface area contributed by atoms with E-state index in [1.807, 2.05) is 24.3 Å². The van der Waals surface area contributed by atoms with Gasteiger partial charge in [-0.3, -0.25) is 9.69 Å². The minimum absolute atomic E-state index is 0.0237. The molecule has 4 heteroatoms. The minimum atomic E-state index is 0.0237. The molecule has 1 N–H and O–H groups in total. The molecular formula is C12H17BrN2O. The molecule has 1 rings (SSSR count). The highest BCUT2D eigenvalue weighted by Crippen LogP contribution is 2.20. The summed E-state index contributed by atoms with van der Waals surface area (Å²) in [7, 11) is 0. The highest BCUT2D eigenvalue weighted by molar-refractivity contribution is 9.10. The second-order valence-electron chi connectivity index (χ2n) is 3.49. The first-order valence-electron chi connectivity index (χ1n) is 5.44. The number of carbonyl (C=O) groups excluding carboxylic acids is 1. The fourth-order valence-corrected chi connectivity index (χ4v) is 1.79. The Morgan fingerprint density at radius 1 is 1.31 bits per heavy atom. The fraction of sp³-hybridized carbons (Fsp3) is 0.417. The van der Waals surface area contributed by atoms with Gasteiger partial charge >= 0.3 is 0 Å². The van der Waals surface area contributed by atoms with Gasteiger partial charge in [0.1, 0.15) is 0 Å². The van der Waals surface area contributed by atoms with Gasteiger partial charge in [-0.2, -0.15) is 0 Å².